The van der Waals surface area contributed by atoms with E-state index in [4.69, 9.17) is 0 Å². The van der Waals surface area contributed by atoms with Crippen LogP contribution in [0.15, 0.2) is 18.2 Å². The van der Waals surface area contributed by atoms with Crippen LogP contribution in [-0.2, 0) is 0 Å². The first-order valence-corrected chi connectivity index (χ1v) is 6.17. The number of halogens is 6. The van der Waals surface area contributed by atoms with Crippen molar-refractivity contribution in [3.05, 3.63) is 35.1 Å². The summed E-state index contributed by atoms with van der Waals surface area (Å²) >= 11 is 0. The fourth-order valence-electron chi connectivity index (χ4n) is 2.39. The first kappa shape index (κ1) is 20.4. The molecule has 1 heterocycles. The molecule has 2 nitrogen and oxygen atoms in total. The van der Waals surface area contributed by atoms with E-state index in [0.717, 1.165) is 6.07 Å². The topological polar surface area (TPSA) is 15.3 Å². The summed E-state index contributed by atoms with van der Waals surface area (Å²) in [6.45, 7) is 3.16. The number of nitrogens with zero attached hydrogens (tertiary/aromatic N) is 1. The minimum Gasteiger partial charge on any atom is -0.314 e. The van der Waals surface area contributed by atoms with Gasteiger partial charge in [0.05, 0.1) is 0 Å². The van der Waals surface area contributed by atoms with Gasteiger partial charge in [-0.1, -0.05) is 17.7 Å². The van der Waals surface area contributed by atoms with Crippen LogP contribution in [0.1, 0.15) is 17.2 Å². The van der Waals surface area contributed by atoms with Crippen LogP contribution < -0.4 is 5.32 Å². The Morgan fingerprint density at radius 1 is 1.14 bits per heavy atom. The van der Waals surface area contributed by atoms with Gasteiger partial charge in [-0.15, -0.1) is 24.8 Å². The summed E-state index contributed by atoms with van der Waals surface area (Å²) in [6.07, 6.45) is -4.48. The lowest BCUT2D eigenvalue weighted by atomic mass is 10.0. The molecule has 1 atom stereocenters. The lowest BCUT2D eigenvalue weighted by molar-refractivity contribution is -0.188. The molecule has 1 aromatic carbocycles. The van der Waals surface area contributed by atoms with Crippen molar-refractivity contribution in [3.63, 3.8) is 0 Å². The maximum Gasteiger partial charge on any atom is 0.408 e. The monoisotopic (exact) mass is 348 g/mol. The zero-order chi connectivity index (χ0) is 14.0. The normalized spacial score (nSPS) is 17.6. The van der Waals surface area contributed by atoms with E-state index in [1.54, 1.807) is 6.92 Å². The first-order valence-electron chi connectivity index (χ1n) is 6.17. The number of nitrogens with one attached hydrogen (secondary N) is 1. The highest BCUT2D eigenvalue weighted by Crippen LogP contribution is 2.39. The van der Waals surface area contributed by atoms with Gasteiger partial charge in [0.15, 0.2) is 0 Å². The van der Waals surface area contributed by atoms with Crippen molar-refractivity contribution < 1.29 is 17.6 Å². The van der Waals surface area contributed by atoms with Gasteiger partial charge in [-0.05, 0) is 13.0 Å². The first-order chi connectivity index (χ1) is 8.89. The average molecular weight is 349 g/mol. The van der Waals surface area contributed by atoms with Gasteiger partial charge in [-0.2, -0.15) is 13.2 Å². The summed E-state index contributed by atoms with van der Waals surface area (Å²) in [4.78, 5) is 1.29. The van der Waals surface area contributed by atoms with Crippen LogP contribution in [0.3, 0.4) is 0 Å². The van der Waals surface area contributed by atoms with E-state index in [1.807, 2.05) is 0 Å². The van der Waals surface area contributed by atoms with Crippen LogP contribution in [0.5, 0.6) is 0 Å². The molecule has 0 spiro atoms. The van der Waals surface area contributed by atoms with Gasteiger partial charge in [0.2, 0.25) is 0 Å². The standard InChI is InChI=1S/C13H16F4N2.2ClH/c1-9-2-3-11(14)10(8-9)12(13(15,16)17)19-6-4-18-5-7-19;;/h2-3,8,12,18H,4-7H2,1H3;2*1H/t12-;;/m1../s1. The Morgan fingerprint density at radius 2 is 1.71 bits per heavy atom. The number of aryl methyl sites for hydroxylation is 1. The zero-order valence-corrected chi connectivity index (χ0v) is 13.0. The third-order valence-corrected chi connectivity index (χ3v) is 3.27. The Hall–Kier alpha value is -0.560. The molecule has 1 fully saturated rings. The molecule has 1 aromatic rings. The van der Waals surface area contributed by atoms with Crippen LogP contribution in [0, 0.1) is 12.7 Å². The molecular formula is C13H18Cl2F4N2. The number of rotatable bonds is 2. The maximum atomic E-state index is 13.8. The molecular weight excluding hydrogens is 331 g/mol. The second-order valence-corrected chi connectivity index (χ2v) is 4.76. The van der Waals surface area contributed by atoms with Gasteiger partial charge in [0, 0.05) is 31.7 Å². The van der Waals surface area contributed by atoms with Crippen LogP contribution in [0.25, 0.3) is 0 Å². The smallest absolute Gasteiger partial charge is 0.314 e. The SMILES string of the molecule is Cc1ccc(F)c([C@@H](N2CCNCC2)C(F)(F)F)c1.Cl.Cl. The summed E-state index contributed by atoms with van der Waals surface area (Å²) in [5.41, 5.74) is 0.343. The second-order valence-electron chi connectivity index (χ2n) is 4.76. The number of alkyl halides is 3. The highest BCUT2D eigenvalue weighted by molar-refractivity contribution is 5.85. The Bertz CT molecular complexity index is 448. The zero-order valence-electron chi connectivity index (χ0n) is 11.4. The lowest BCUT2D eigenvalue weighted by Gasteiger charge is -2.36. The predicted octanol–water partition coefficient (Wildman–Crippen LogP) is 3.49. The Morgan fingerprint density at radius 3 is 2.24 bits per heavy atom. The molecule has 2 rings (SSSR count). The van der Waals surface area contributed by atoms with E-state index in [2.05, 4.69) is 5.32 Å². The Labute approximate surface area is 133 Å². The van der Waals surface area contributed by atoms with Gasteiger partial charge in [0.1, 0.15) is 11.9 Å². The lowest BCUT2D eigenvalue weighted by Crippen LogP contribution is -2.49. The van der Waals surface area contributed by atoms with Crippen molar-refractivity contribution in [2.75, 3.05) is 26.2 Å². The van der Waals surface area contributed by atoms with Gasteiger partial charge >= 0.3 is 6.18 Å². The number of hydrogen-bond acceptors (Lipinski definition) is 2. The van der Waals surface area contributed by atoms with Crippen molar-refractivity contribution in [1.29, 1.82) is 0 Å². The molecule has 122 valence electrons. The number of piperazine rings is 1. The minimum atomic E-state index is -4.48. The third-order valence-electron chi connectivity index (χ3n) is 3.27. The largest absolute Gasteiger partial charge is 0.408 e. The molecule has 8 heteroatoms. The van der Waals surface area contributed by atoms with E-state index >= 15 is 0 Å². The molecule has 0 aromatic heterocycles. The molecule has 21 heavy (non-hydrogen) atoms. The fourth-order valence-corrected chi connectivity index (χ4v) is 2.39. The van der Waals surface area contributed by atoms with Crippen molar-refractivity contribution in [2.24, 2.45) is 0 Å². The molecule has 1 N–H and O–H groups in total. The Balaban J connectivity index is 0.00000200. The highest BCUT2D eigenvalue weighted by Gasteiger charge is 2.46. The minimum absolute atomic E-state index is 0. The molecule has 0 aliphatic carbocycles. The number of hydrogen-bond donors (Lipinski definition) is 1. The highest BCUT2D eigenvalue weighted by atomic mass is 35.5. The molecule has 1 aliphatic heterocycles. The molecule has 0 radical (unpaired) electrons. The second kappa shape index (κ2) is 8.17. The van der Waals surface area contributed by atoms with Gasteiger partial charge < -0.3 is 5.32 Å². The molecule has 0 amide bonds. The van der Waals surface area contributed by atoms with E-state index in [0.29, 0.717) is 18.7 Å². The van der Waals surface area contributed by atoms with Crippen LogP contribution in [0.2, 0.25) is 0 Å². The van der Waals surface area contributed by atoms with Gasteiger partial charge in [0.25, 0.3) is 0 Å². The van der Waals surface area contributed by atoms with Crippen molar-refractivity contribution in [2.45, 2.75) is 19.1 Å². The predicted molar refractivity (Wildman–Crippen MR) is 78.9 cm³/mol. The summed E-state index contributed by atoms with van der Waals surface area (Å²) in [5.74, 6) is -0.800. The van der Waals surface area contributed by atoms with Crippen molar-refractivity contribution >= 4 is 24.8 Å². The van der Waals surface area contributed by atoms with E-state index in [9.17, 15) is 17.6 Å². The molecule has 0 unspecified atom stereocenters. The van der Waals surface area contributed by atoms with Crippen molar-refractivity contribution in [3.8, 4) is 0 Å². The van der Waals surface area contributed by atoms with Crippen molar-refractivity contribution in [1.82, 2.24) is 10.2 Å². The van der Waals surface area contributed by atoms with Crippen LogP contribution in [0.4, 0.5) is 17.6 Å². The van der Waals surface area contributed by atoms with Crippen LogP contribution >= 0.6 is 24.8 Å². The summed E-state index contributed by atoms with van der Waals surface area (Å²) in [6, 6.07) is 2.00. The van der Waals surface area contributed by atoms with Gasteiger partial charge in [-0.3, -0.25) is 4.90 Å². The fraction of sp³-hybridized carbons (Fsp3) is 0.538. The molecule has 1 aliphatic rings. The summed E-state index contributed by atoms with van der Waals surface area (Å²) < 4.78 is 53.6. The van der Waals surface area contributed by atoms with Crippen LogP contribution in [-0.4, -0.2) is 37.3 Å². The van der Waals surface area contributed by atoms with E-state index < -0.39 is 18.0 Å². The number of benzene rings is 1. The van der Waals surface area contributed by atoms with Gasteiger partial charge in [-0.25, -0.2) is 4.39 Å². The quantitative estimate of drug-likeness (QED) is 0.823. The molecule has 0 bridgehead atoms. The molecule has 1 saturated heterocycles. The van der Waals surface area contributed by atoms with E-state index in [-0.39, 0.29) is 43.5 Å². The Kier molecular flexibility index (Phi) is 7.95. The maximum absolute atomic E-state index is 13.8. The van der Waals surface area contributed by atoms with E-state index in [1.165, 1.54) is 17.0 Å². The summed E-state index contributed by atoms with van der Waals surface area (Å²) in [7, 11) is 0. The molecule has 0 saturated carbocycles. The third kappa shape index (κ3) is 4.98. The average Bonchev–Trinajstić information content (AvgIpc) is 2.33. The summed E-state index contributed by atoms with van der Waals surface area (Å²) in [5, 5.41) is 3.00.